The number of carbonyl (C=O) groups excluding carboxylic acids is 4. The number of rotatable bonds is 22. The Hall–Kier alpha value is -3.43. The molecule has 0 bridgehead atoms. The van der Waals surface area contributed by atoms with Crippen molar-refractivity contribution in [1.29, 1.82) is 0 Å². The van der Waals surface area contributed by atoms with Crippen molar-refractivity contribution in [2.75, 3.05) is 41.4 Å². The van der Waals surface area contributed by atoms with Gasteiger partial charge in [0.1, 0.15) is 5.01 Å². The molecule has 4 amide bonds. The molecule has 2 heterocycles. The Morgan fingerprint density at radius 2 is 1.75 bits per heavy atom. The number of aliphatic hydroxyl groups excluding tert-OH is 1. The van der Waals surface area contributed by atoms with Gasteiger partial charge in [-0.3, -0.25) is 19.2 Å². The number of likely N-dealkylation sites (tertiary alicyclic amines) is 1. The Morgan fingerprint density at radius 3 is 2.24 bits per heavy atom. The minimum atomic E-state index is -0.595. The molecule has 1 aliphatic heterocycles. The zero-order valence-electron chi connectivity index (χ0n) is 35.2. The minimum Gasteiger partial charge on any atom is -0.394 e. The van der Waals surface area contributed by atoms with Crippen molar-refractivity contribution in [3.63, 3.8) is 0 Å². The number of nitrogens with zero attached hydrogens (tertiary/aromatic N) is 3. The smallest absolute Gasteiger partial charge is 0.242 e. The third-order valence-corrected chi connectivity index (χ3v) is 11.0. The van der Waals surface area contributed by atoms with Crippen LogP contribution in [0.4, 0.5) is 0 Å². The highest BCUT2D eigenvalue weighted by Crippen LogP contribution is 2.30. The van der Waals surface area contributed by atoms with Gasteiger partial charge < -0.3 is 40.3 Å². The first kappa shape index (κ1) is 49.6. The van der Waals surface area contributed by atoms with Gasteiger partial charge in [-0.05, 0) is 57.6 Å². The zero-order chi connectivity index (χ0) is 41.8. The first-order chi connectivity index (χ1) is 26.0. The van der Waals surface area contributed by atoms with E-state index in [1.165, 1.54) is 11.3 Å². The van der Waals surface area contributed by atoms with E-state index in [9.17, 15) is 19.2 Å². The molecule has 1 fully saturated rings. The van der Waals surface area contributed by atoms with Crippen LogP contribution in [0.3, 0.4) is 0 Å². The highest BCUT2D eigenvalue weighted by atomic mass is 32.1. The SMILES string of the molecule is C=C/C=C(\C=C)CC(NC(=O)C(C)C(OC)C1CCCN1C(=O)CC(OC)C(C(C)CC)N(C)C(=O)CNC(=O)C(NC)C(C)C)c1nccs1.CC(C)O. The Bertz CT molecular complexity index is 1370. The van der Waals surface area contributed by atoms with Crippen molar-refractivity contribution in [2.24, 2.45) is 17.8 Å². The molecular formula is C41H70N6O7S. The van der Waals surface area contributed by atoms with Crippen LogP contribution in [0.2, 0.25) is 0 Å². The lowest BCUT2D eigenvalue weighted by atomic mass is 9.90. The lowest BCUT2D eigenvalue weighted by Gasteiger charge is -2.39. The summed E-state index contributed by atoms with van der Waals surface area (Å²) in [5.41, 5.74) is 0.919. The van der Waals surface area contributed by atoms with Gasteiger partial charge in [0, 0.05) is 45.5 Å². The maximum Gasteiger partial charge on any atom is 0.242 e. The number of amides is 4. The predicted molar refractivity (Wildman–Crippen MR) is 220 cm³/mol. The number of likely N-dealkylation sites (N-methyl/N-ethyl adjacent to an activating group) is 2. The van der Waals surface area contributed by atoms with Crippen LogP contribution in [0.5, 0.6) is 0 Å². The summed E-state index contributed by atoms with van der Waals surface area (Å²) in [6.07, 6.45) is 8.46. The average molecular weight is 791 g/mol. The number of aliphatic hydroxyl groups is 1. The van der Waals surface area contributed by atoms with Gasteiger partial charge in [-0.2, -0.15) is 0 Å². The minimum absolute atomic E-state index is 0.00616. The zero-order valence-corrected chi connectivity index (χ0v) is 36.0. The fourth-order valence-electron chi connectivity index (χ4n) is 7.01. The number of methoxy groups -OCH3 is 2. The Kier molecular flexibility index (Phi) is 23.1. The van der Waals surface area contributed by atoms with E-state index in [1.54, 1.807) is 65.4 Å². The number of nitrogens with one attached hydrogen (secondary N) is 3. The number of aromatic nitrogens is 1. The van der Waals surface area contributed by atoms with Crippen LogP contribution in [0.1, 0.15) is 91.6 Å². The summed E-state index contributed by atoms with van der Waals surface area (Å²) in [4.78, 5) is 61.8. The molecule has 1 saturated heterocycles. The molecule has 1 aromatic rings. The van der Waals surface area contributed by atoms with Gasteiger partial charge >= 0.3 is 0 Å². The van der Waals surface area contributed by atoms with E-state index in [1.807, 2.05) is 51.0 Å². The molecule has 312 valence electrons. The molecule has 4 N–H and O–H groups in total. The predicted octanol–water partition coefficient (Wildman–Crippen LogP) is 4.66. The summed E-state index contributed by atoms with van der Waals surface area (Å²) in [5, 5.41) is 19.6. The van der Waals surface area contributed by atoms with Crippen molar-refractivity contribution >= 4 is 35.0 Å². The second kappa shape index (κ2) is 25.7. The van der Waals surface area contributed by atoms with Gasteiger partial charge in [-0.15, -0.1) is 11.3 Å². The van der Waals surface area contributed by atoms with Crippen molar-refractivity contribution in [2.45, 2.75) is 123 Å². The average Bonchev–Trinajstić information content (AvgIpc) is 3.86. The van der Waals surface area contributed by atoms with Crippen LogP contribution in [0.15, 0.2) is 48.5 Å². The number of hydrogen-bond donors (Lipinski definition) is 4. The first-order valence-corrected chi connectivity index (χ1v) is 20.3. The molecule has 8 unspecified atom stereocenters. The number of allylic oxidation sites excluding steroid dienone is 3. The second-order valence-electron chi connectivity index (χ2n) is 14.8. The molecule has 0 saturated carbocycles. The largest absolute Gasteiger partial charge is 0.394 e. The van der Waals surface area contributed by atoms with Crippen LogP contribution in [-0.4, -0.2) is 121 Å². The highest BCUT2D eigenvalue weighted by molar-refractivity contribution is 7.09. The summed E-state index contributed by atoms with van der Waals surface area (Å²) >= 11 is 1.47. The summed E-state index contributed by atoms with van der Waals surface area (Å²) < 4.78 is 11.9. The van der Waals surface area contributed by atoms with Crippen LogP contribution >= 0.6 is 11.3 Å². The molecule has 55 heavy (non-hydrogen) atoms. The lowest BCUT2D eigenvalue weighted by Crippen LogP contribution is -2.55. The molecule has 13 nitrogen and oxygen atoms in total. The van der Waals surface area contributed by atoms with Crippen LogP contribution in [0.25, 0.3) is 0 Å². The fraction of sp³-hybridized carbons (Fsp3) is 0.683. The van der Waals surface area contributed by atoms with Gasteiger partial charge in [0.2, 0.25) is 23.6 Å². The van der Waals surface area contributed by atoms with Gasteiger partial charge in [-0.1, -0.05) is 72.4 Å². The van der Waals surface area contributed by atoms with E-state index >= 15 is 0 Å². The van der Waals surface area contributed by atoms with Gasteiger partial charge in [0.15, 0.2) is 0 Å². The molecule has 0 spiro atoms. The standard InChI is InChI=1S/C38H62N6O6S.C3H8O/c1-12-16-27(14-3)21-28(38-40-18-20-51-38)42-36(47)26(7)35(50-11)29-17-15-19-44(29)31(45)22-30(49-10)34(25(6)13-2)43(9)32(46)23-41-37(48)33(39-8)24(4)5;1-3(2)4/h12,14,16,18,20,24-26,28-30,33-35,39H,1,3,13,15,17,19,21-23H2,2,4-11H3,(H,41,48)(H,42,47);3-4H,1-2H3/b27-16+;. The summed E-state index contributed by atoms with van der Waals surface area (Å²) in [6, 6.07) is -1.52. The molecule has 0 aromatic carbocycles. The van der Waals surface area contributed by atoms with Crippen molar-refractivity contribution in [3.8, 4) is 0 Å². The number of ether oxygens (including phenoxy) is 2. The fourth-order valence-corrected chi connectivity index (χ4v) is 7.70. The maximum absolute atomic E-state index is 14.1. The van der Waals surface area contributed by atoms with Crippen molar-refractivity contribution in [3.05, 3.63) is 53.5 Å². The van der Waals surface area contributed by atoms with Crippen LogP contribution < -0.4 is 16.0 Å². The number of carbonyl (C=O) groups is 4. The van der Waals surface area contributed by atoms with Gasteiger partial charge in [0.25, 0.3) is 0 Å². The number of hydrogen-bond acceptors (Lipinski definition) is 10. The molecule has 0 aliphatic carbocycles. The third-order valence-electron chi connectivity index (χ3n) is 10.1. The Morgan fingerprint density at radius 1 is 1.09 bits per heavy atom. The maximum atomic E-state index is 14.1. The quantitative estimate of drug-likeness (QED) is 0.123. The van der Waals surface area contributed by atoms with E-state index in [2.05, 4.69) is 34.1 Å². The summed E-state index contributed by atoms with van der Waals surface area (Å²) in [6.45, 7) is 21.3. The topological polar surface area (TPSA) is 162 Å². The Labute approximate surface area is 334 Å². The molecule has 2 rings (SSSR count). The normalized spacial score (nSPS) is 18.3. The molecule has 1 aliphatic rings. The van der Waals surface area contributed by atoms with Crippen LogP contribution in [-0.2, 0) is 28.7 Å². The molecule has 8 atom stereocenters. The summed E-state index contributed by atoms with van der Waals surface area (Å²) in [5.74, 6) is -1.34. The monoisotopic (exact) mass is 791 g/mol. The first-order valence-electron chi connectivity index (χ1n) is 19.4. The van der Waals surface area contributed by atoms with Crippen LogP contribution in [0, 0.1) is 17.8 Å². The highest BCUT2D eigenvalue weighted by Gasteiger charge is 2.42. The molecular weight excluding hydrogens is 721 g/mol. The van der Waals surface area contributed by atoms with E-state index in [4.69, 9.17) is 14.6 Å². The van der Waals surface area contributed by atoms with E-state index in [0.717, 1.165) is 23.4 Å². The summed E-state index contributed by atoms with van der Waals surface area (Å²) in [7, 11) is 6.55. The Balaban J connectivity index is 0.00000359. The van der Waals surface area contributed by atoms with E-state index in [0.29, 0.717) is 19.4 Å². The molecule has 1 aromatic heterocycles. The third kappa shape index (κ3) is 15.6. The molecule has 0 radical (unpaired) electrons. The number of thiazole rings is 1. The molecule has 14 heteroatoms. The van der Waals surface area contributed by atoms with Crippen molar-refractivity contribution < 1.29 is 33.8 Å². The van der Waals surface area contributed by atoms with Gasteiger partial charge in [-0.25, -0.2) is 4.98 Å². The van der Waals surface area contributed by atoms with Gasteiger partial charge in [0.05, 0.1) is 55.3 Å². The lowest BCUT2D eigenvalue weighted by molar-refractivity contribution is -0.146. The van der Waals surface area contributed by atoms with E-state index in [-0.39, 0.29) is 66.6 Å². The van der Waals surface area contributed by atoms with Crippen molar-refractivity contribution in [1.82, 2.24) is 30.7 Å². The second-order valence-corrected chi connectivity index (χ2v) is 15.7. The van der Waals surface area contributed by atoms with E-state index < -0.39 is 30.2 Å².